The third-order valence-electron chi connectivity index (χ3n) is 6.62. The van der Waals surface area contributed by atoms with E-state index >= 15 is 0 Å². The van der Waals surface area contributed by atoms with Crippen molar-refractivity contribution in [3.05, 3.63) is 76.6 Å². The minimum Gasteiger partial charge on any atom is -0.397 e. The molecule has 1 aliphatic heterocycles. The van der Waals surface area contributed by atoms with Crippen LogP contribution in [0.15, 0.2) is 48.5 Å². The molecule has 7 heteroatoms. The quantitative estimate of drug-likeness (QED) is 0.553. The van der Waals surface area contributed by atoms with Gasteiger partial charge in [0, 0.05) is 25.1 Å². The number of nitrogens with one attached hydrogen (secondary N) is 1. The van der Waals surface area contributed by atoms with Gasteiger partial charge in [0.1, 0.15) is 11.8 Å². The predicted molar refractivity (Wildman–Crippen MR) is 130 cm³/mol. The zero-order valence-corrected chi connectivity index (χ0v) is 19.6. The van der Waals surface area contributed by atoms with Crippen LogP contribution < -0.4 is 11.1 Å². The molecule has 3 N–H and O–H groups in total. The first-order valence-corrected chi connectivity index (χ1v) is 11.8. The fourth-order valence-corrected chi connectivity index (χ4v) is 4.96. The van der Waals surface area contributed by atoms with Crippen molar-refractivity contribution in [2.24, 2.45) is 5.41 Å². The van der Waals surface area contributed by atoms with Crippen molar-refractivity contribution in [2.75, 3.05) is 12.3 Å². The summed E-state index contributed by atoms with van der Waals surface area (Å²) in [7, 11) is 0. The van der Waals surface area contributed by atoms with E-state index in [0.717, 1.165) is 29.8 Å². The topological polar surface area (TPSA) is 99.2 Å². The van der Waals surface area contributed by atoms with Crippen molar-refractivity contribution in [3.8, 4) is 5.69 Å². The van der Waals surface area contributed by atoms with E-state index in [-0.39, 0.29) is 23.2 Å². The normalized spacial score (nSPS) is 19.1. The van der Waals surface area contributed by atoms with Gasteiger partial charge in [-0.15, -0.1) is 0 Å². The summed E-state index contributed by atoms with van der Waals surface area (Å²) >= 11 is 0. The second kappa shape index (κ2) is 8.72. The SMILES string of the molecule is CC1(C)CC(=O)c2c(C3CCCO3)nn(-c3ccc(C(=O)NCc4ccccc4)cc3N)c2C1. The summed E-state index contributed by atoms with van der Waals surface area (Å²) in [5.41, 5.74) is 11.2. The summed E-state index contributed by atoms with van der Waals surface area (Å²) in [6, 6.07) is 15.0. The number of nitrogens with two attached hydrogens (primary N) is 1. The molecule has 176 valence electrons. The molecular weight excluding hydrogens is 428 g/mol. The molecule has 2 aromatic carbocycles. The summed E-state index contributed by atoms with van der Waals surface area (Å²) in [4.78, 5) is 25.9. The molecule has 5 rings (SSSR count). The number of hydrogen-bond acceptors (Lipinski definition) is 5. The lowest BCUT2D eigenvalue weighted by atomic mass is 9.75. The van der Waals surface area contributed by atoms with Gasteiger partial charge in [-0.1, -0.05) is 44.2 Å². The zero-order valence-electron chi connectivity index (χ0n) is 19.6. The number of carbonyl (C=O) groups is 2. The Morgan fingerprint density at radius 1 is 1.21 bits per heavy atom. The van der Waals surface area contributed by atoms with Gasteiger partial charge in [-0.3, -0.25) is 9.59 Å². The Morgan fingerprint density at radius 2 is 2.00 bits per heavy atom. The summed E-state index contributed by atoms with van der Waals surface area (Å²) in [5, 5.41) is 7.79. The summed E-state index contributed by atoms with van der Waals surface area (Å²) in [6.07, 6.45) is 2.86. The molecule has 1 fully saturated rings. The highest BCUT2D eigenvalue weighted by atomic mass is 16.5. The van der Waals surface area contributed by atoms with Gasteiger partial charge in [-0.25, -0.2) is 4.68 Å². The Hall–Kier alpha value is -3.45. The van der Waals surface area contributed by atoms with Crippen LogP contribution in [0, 0.1) is 5.41 Å². The smallest absolute Gasteiger partial charge is 0.251 e. The van der Waals surface area contributed by atoms with E-state index in [0.29, 0.717) is 48.5 Å². The van der Waals surface area contributed by atoms with Gasteiger partial charge < -0.3 is 15.8 Å². The van der Waals surface area contributed by atoms with Crippen molar-refractivity contribution in [2.45, 2.75) is 52.2 Å². The third kappa shape index (κ3) is 4.23. The molecule has 1 aromatic heterocycles. The van der Waals surface area contributed by atoms with Crippen molar-refractivity contribution in [1.82, 2.24) is 15.1 Å². The highest BCUT2D eigenvalue weighted by Crippen LogP contribution is 2.41. The van der Waals surface area contributed by atoms with E-state index in [1.807, 2.05) is 36.4 Å². The Bertz CT molecular complexity index is 1240. The predicted octanol–water partition coefficient (Wildman–Crippen LogP) is 4.39. The van der Waals surface area contributed by atoms with Gasteiger partial charge in [0.25, 0.3) is 5.91 Å². The number of amides is 1. The molecule has 3 aromatic rings. The first-order chi connectivity index (χ1) is 16.3. The second-order valence-corrected chi connectivity index (χ2v) is 10.0. The number of nitrogen functional groups attached to an aromatic ring is 1. The van der Waals surface area contributed by atoms with E-state index in [9.17, 15) is 9.59 Å². The largest absolute Gasteiger partial charge is 0.397 e. The van der Waals surface area contributed by atoms with Gasteiger partial charge in [-0.2, -0.15) is 5.10 Å². The lowest BCUT2D eigenvalue weighted by Crippen LogP contribution is -2.28. The number of Topliss-reactive ketones (excluding diaryl/α,β-unsaturated/α-hetero) is 1. The molecule has 0 radical (unpaired) electrons. The molecule has 2 aliphatic rings. The fraction of sp³-hybridized carbons (Fsp3) is 0.370. The number of anilines is 1. The van der Waals surface area contributed by atoms with E-state index in [1.165, 1.54) is 0 Å². The van der Waals surface area contributed by atoms with Crippen LogP contribution in [-0.2, 0) is 17.7 Å². The third-order valence-corrected chi connectivity index (χ3v) is 6.62. The molecule has 1 atom stereocenters. The molecule has 1 saturated heterocycles. The zero-order chi connectivity index (χ0) is 23.9. The van der Waals surface area contributed by atoms with Gasteiger partial charge in [0.2, 0.25) is 0 Å². The second-order valence-electron chi connectivity index (χ2n) is 10.0. The van der Waals surface area contributed by atoms with Gasteiger partial charge in [-0.05, 0) is 48.4 Å². The van der Waals surface area contributed by atoms with E-state index < -0.39 is 0 Å². The number of ether oxygens (including phenoxy) is 1. The van der Waals surface area contributed by atoms with Gasteiger partial charge in [0.15, 0.2) is 5.78 Å². The standard InChI is InChI=1S/C27H30N4O3/c1-27(2)14-21-24(22(32)15-27)25(23-9-6-12-34-23)30-31(21)20-11-10-18(13-19(20)28)26(33)29-16-17-7-4-3-5-8-17/h3-5,7-8,10-11,13,23H,6,9,12,14-16,28H2,1-2H3,(H,29,33). The Kier molecular flexibility index (Phi) is 5.73. The van der Waals surface area contributed by atoms with Crippen LogP contribution in [0.5, 0.6) is 0 Å². The van der Waals surface area contributed by atoms with Crippen molar-refractivity contribution < 1.29 is 14.3 Å². The number of fused-ring (bicyclic) bond motifs is 1. The number of ketones is 1. The molecule has 1 unspecified atom stereocenters. The highest BCUT2D eigenvalue weighted by molar-refractivity contribution is 6.00. The monoisotopic (exact) mass is 458 g/mol. The number of benzene rings is 2. The van der Waals surface area contributed by atoms with Gasteiger partial charge in [0.05, 0.1) is 22.6 Å². The molecule has 1 amide bonds. The minimum absolute atomic E-state index is 0.110. The first-order valence-electron chi connectivity index (χ1n) is 11.8. The van der Waals surface area contributed by atoms with Crippen LogP contribution in [0.1, 0.15) is 76.9 Å². The summed E-state index contributed by atoms with van der Waals surface area (Å²) in [5.74, 6) is -0.0839. The lowest BCUT2D eigenvalue weighted by molar-refractivity contribution is 0.0884. The summed E-state index contributed by atoms with van der Waals surface area (Å²) < 4.78 is 7.68. The van der Waals surface area contributed by atoms with Crippen LogP contribution in [0.4, 0.5) is 5.69 Å². The number of nitrogens with zero attached hydrogens (tertiary/aromatic N) is 2. The molecule has 7 nitrogen and oxygen atoms in total. The van der Waals surface area contributed by atoms with Crippen molar-refractivity contribution in [3.63, 3.8) is 0 Å². The highest BCUT2D eigenvalue weighted by Gasteiger charge is 2.39. The minimum atomic E-state index is -0.194. The number of rotatable bonds is 5. The Balaban J connectivity index is 1.47. The molecule has 0 saturated carbocycles. The molecule has 0 spiro atoms. The van der Waals surface area contributed by atoms with E-state index in [1.54, 1.807) is 16.8 Å². The van der Waals surface area contributed by atoms with Crippen molar-refractivity contribution >= 4 is 17.4 Å². The van der Waals surface area contributed by atoms with Crippen LogP contribution in [0.3, 0.4) is 0 Å². The fourth-order valence-electron chi connectivity index (χ4n) is 4.96. The number of aromatic nitrogens is 2. The Labute approximate surface area is 199 Å². The molecular formula is C27H30N4O3. The van der Waals surface area contributed by atoms with E-state index in [4.69, 9.17) is 15.6 Å². The maximum atomic E-state index is 13.1. The van der Waals surface area contributed by atoms with Crippen LogP contribution in [-0.4, -0.2) is 28.1 Å². The molecule has 34 heavy (non-hydrogen) atoms. The lowest BCUT2D eigenvalue weighted by Gasteiger charge is -2.29. The van der Waals surface area contributed by atoms with E-state index in [2.05, 4.69) is 19.2 Å². The molecule has 2 heterocycles. The van der Waals surface area contributed by atoms with Crippen molar-refractivity contribution in [1.29, 1.82) is 0 Å². The van der Waals surface area contributed by atoms with Gasteiger partial charge >= 0.3 is 0 Å². The van der Waals surface area contributed by atoms with Crippen LogP contribution in [0.2, 0.25) is 0 Å². The average molecular weight is 459 g/mol. The summed E-state index contributed by atoms with van der Waals surface area (Å²) in [6.45, 7) is 5.32. The molecule has 0 bridgehead atoms. The van der Waals surface area contributed by atoms with Crippen LogP contribution in [0.25, 0.3) is 5.69 Å². The maximum Gasteiger partial charge on any atom is 0.251 e. The number of carbonyl (C=O) groups excluding carboxylic acids is 2. The Morgan fingerprint density at radius 3 is 2.71 bits per heavy atom. The maximum absolute atomic E-state index is 13.1. The first kappa shape index (κ1) is 22.3. The molecule has 1 aliphatic carbocycles. The van der Waals surface area contributed by atoms with Crippen LogP contribution >= 0.6 is 0 Å². The number of hydrogen-bond donors (Lipinski definition) is 2. The average Bonchev–Trinajstić information content (AvgIpc) is 3.45.